The van der Waals surface area contributed by atoms with Crippen molar-refractivity contribution in [3.8, 4) is 22.3 Å². The topological polar surface area (TPSA) is 26.3 Å². The molecular weight excluding hydrogens is 641 g/mol. The van der Waals surface area contributed by atoms with Crippen molar-refractivity contribution in [2.24, 2.45) is 0 Å². The minimum atomic E-state index is 0.882. The number of hydrogen-bond acceptors (Lipinski definition) is 3. The van der Waals surface area contributed by atoms with Gasteiger partial charge < -0.3 is 8.83 Å². The number of hydrogen-bond donors (Lipinski definition) is 0. The monoisotopic (exact) mass is 666 g/mol. The molecule has 0 spiro atoms. The maximum absolute atomic E-state index is 6.88. The third-order valence-electron chi connectivity index (χ3n) is 10.8. The quantitative estimate of drug-likeness (QED) is 0.172. The van der Waals surface area contributed by atoms with Gasteiger partial charge in [-0.15, -0.1) is 11.3 Å². The Balaban J connectivity index is 1.25. The van der Waals surface area contributed by atoms with Crippen LogP contribution in [0.4, 0.5) is 0 Å². The van der Waals surface area contributed by atoms with Gasteiger partial charge in [-0.3, -0.25) is 0 Å². The van der Waals surface area contributed by atoms with Crippen LogP contribution in [0.25, 0.3) is 119 Å². The summed E-state index contributed by atoms with van der Waals surface area (Å²) in [6, 6.07) is 57.0. The number of para-hydroxylation sites is 2. The van der Waals surface area contributed by atoms with Gasteiger partial charge in [0.15, 0.2) is 0 Å². The lowest BCUT2D eigenvalue weighted by molar-refractivity contribution is 0.670. The number of furan rings is 2. The SMILES string of the molecule is c1ccc2c(c1)oc1c2ccc2c1cc(-c1c3ccccc3c(-c3ccc4sc5ccccc5c4c3)c3ccccc13)c1oc3ccccc3c12. The zero-order chi connectivity index (χ0) is 33.2. The van der Waals surface area contributed by atoms with Gasteiger partial charge in [0.2, 0.25) is 0 Å². The molecule has 3 heterocycles. The third-order valence-corrected chi connectivity index (χ3v) is 12.0. The third kappa shape index (κ3) is 3.71. The highest BCUT2D eigenvalue weighted by molar-refractivity contribution is 7.25. The molecule has 0 aliphatic heterocycles. The number of benzene rings is 9. The van der Waals surface area contributed by atoms with Gasteiger partial charge in [0.05, 0.1) is 0 Å². The molecule has 0 unspecified atom stereocenters. The molecule has 0 atom stereocenters. The van der Waals surface area contributed by atoms with Crippen LogP contribution < -0.4 is 0 Å². The van der Waals surface area contributed by atoms with Crippen LogP contribution in [0.15, 0.2) is 167 Å². The van der Waals surface area contributed by atoms with E-state index in [4.69, 9.17) is 8.83 Å². The van der Waals surface area contributed by atoms with Gasteiger partial charge in [0, 0.05) is 58.2 Å². The van der Waals surface area contributed by atoms with Gasteiger partial charge >= 0.3 is 0 Å². The summed E-state index contributed by atoms with van der Waals surface area (Å²) in [7, 11) is 0. The van der Waals surface area contributed by atoms with E-state index in [1.807, 2.05) is 17.4 Å². The van der Waals surface area contributed by atoms with Crippen molar-refractivity contribution in [1.29, 1.82) is 0 Å². The molecule has 0 N–H and O–H groups in total. The average molecular weight is 667 g/mol. The smallest absolute Gasteiger partial charge is 0.143 e. The average Bonchev–Trinajstić information content (AvgIpc) is 3.88. The van der Waals surface area contributed by atoms with Crippen LogP contribution in [0.1, 0.15) is 0 Å². The summed E-state index contributed by atoms with van der Waals surface area (Å²) in [6.07, 6.45) is 0. The first-order valence-electron chi connectivity index (χ1n) is 17.3. The van der Waals surface area contributed by atoms with Crippen LogP contribution in [0.2, 0.25) is 0 Å². The van der Waals surface area contributed by atoms with Gasteiger partial charge in [-0.2, -0.15) is 0 Å². The Labute approximate surface area is 295 Å². The van der Waals surface area contributed by atoms with Crippen molar-refractivity contribution in [1.82, 2.24) is 0 Å². The summed E-state index contributed by atoms with van der Waals surface area (Å²) in [5.74, 6) is 0. The van der Waals surface area contributed by atoms with Crippen LogP contribution in [-0.2, 0) is 0 Å². The highest BCUT2D eigenvalue weighted by Crippen LogP contribution is 2.50. The molecule has 0 bridgehead atoms. The minimum absolute atomic E-state index is 0.882. The Hall–Kier alpha value is -6.42. The molecular formula is C48H26O2S. The Bertz CT molecular complexity index is 3370. The highest BCUT2D eigenvalue weighted by atomic mass is 32.1. The first-order valence-corrected chi connectivity index (χ1v) is 18.2. The van der Waals surface area contributed by atoms with E-state index < -0.39 is 0 Å². The van der Waals surface area contributed by atoms with Crippen molar-refractivity contribution < 1.29 is 8.83 Å². The summed E-state index contributed by atoms with van der Waals surface area (Å²) in [4.78, 5) is 0. The standard InChI is InChI=1S/C48H26O2S/c1-3-15-32-30(13-1)44(27-21-24-43-37(25-27)29-12-7-10-20-42(29)51-43)31-14-2-4-16-33(31)45(32)39-26-38-34(46-36-17-6-9-19-41(36)50-48(39)46)22-23-35-28-11-5-8-18-40(28)49-47(35)38/h1-26H. The van der Waals surface area contributed by atoms with Crippen LogP contribution in [0.3, 0.4) is 0 Å². The first kappa shape index (κ1) is 27.4. The molecule has 51 heavy (non-hydrogen) atoms. The van der Waals surface area contributed by atoms with E-state index in [0.29, 0.717) is 0 Å². The van der Waals surface area contributed by atoms with Gasteiger partial charge in [0.1, 0.15) is 22.3 Å². The van der Waals surface area contributed by atoms with Crippen LogP contribution in [0.5, 0.6) is 0 Å². The molecule has 0 aliphatic carbocycles. The fraction of sp³-hybridized carbons (Fsp3) is 0. The molecule has 0 fully saturated rings. The molecule has 9 aromatic carbocycles. The maximum Gasteiger partial charge on any atom is 0.143 e. The molecule has 12 aromatic rings. The summed E-state index contributed by atoms with van der Waals surface area (Å²) >= 11 is 1.86. The zero-order valence-corrected chi connectivity index (χ0v) is 28.1. The van der Waals surface area contributed by atoms with E-state index in [2.05, 4.69) is 152 Å². The lowest BCUT2D eigenvalue weighted by atomic mass is 9.84. The predicted molar refractivity (Wildman–Crippen MR) is 217 cm³/mol. The normalized spacial score (nSPS) is 12.3. The molecule has 236 valence electrons. The molecule has 12 rings (SSSR count). The molecule has 0 radical (unpaired) electrons. The van der Waals surface area contributed by atoms with Crippen LogP contribution >= 0.6 is 11.3 Å². The molecule has 0 amide bonds. The zero-order valence-electron chi connectivity index (χ0n) is 27.2. The second kappa shape index (κ2) is 10.1. The van der Waals surface area contributed by atoms with E-state index in [0.717, 1.165) is 60.2 Å². The molecule has 2 nitrogen and oxygen atoms in total. The van der Waals surface area contributed by atoms with E-state index in [1.54, 1.807) is 0 Å². The van der Waals surface area contributed by atoms with Crippen LogP contribution in [0, 0.1) is 0 Å². The Kier molecular flexibility index (Phi) is 5.41. The van der Waals surface area contributed by atoms with Gasteiger partial charge in [-0.1, -0.05) is 115 Å². The second-order valence-corrected chi connectivity index (χ2v) is 14.6. The summed E-state index contributed by atoms with van der Waals surface area (Å²) in [5.41, 5.74) is 8.30. The fourth-order valence-electron chi connectivity index (χ4n) is 8.68. The fourth-order valence-corrected chi connectivity index (χ4v) is 9.77. The first-order chi connectivity index (χ1) is 25.3. The Morgan fingerprint density at radius 1 is 0.333 bits per heavy atom. The molecule has 3 aromatic heterocycles. The van der Waals surface area contributed by atoms with E-state index in [-0.39, 0.29) is 0 Å². The predicted octanol–water partition coefficient (Wildman–Crippen LogP) is 14.6. The van der Waals surface area contributed by atoms with Gasteiger partial charge in [-0.25, -0.2) is 0 Å². The largest absolute Gasteiger partial charge is 0.455 e. The number of thiophene rings is 1. The molecule has 0 saturated heterocycles. The van der Waals surface area contributed by atoms with Crippen molar-refractivity contribution in [2.75, 3.05) is 0 Å². The van der Waals surface area contributed by atoms with Crippen molar-refractivity contribution in [3.63, 3.8) is 0 Å². The van der Waals surface area contributed by atoms with Crippen molar-refractivity contribution >= 4 is 108 Å². The summed E-state index contributed by atoms with van der Waals surface area (Å²) in [5, 5.41) is 14.1. The Morgan fingerprint density at radius 3 is 1.63 bits per heavy atom. The second-order valence-electron chi connectivity index (χ2n) is 13.5. The minimum Gasteiger partial charge on any atom is -0.455 e. The summed E-state index contributed by atoms with van der Waals surface area (Å²) in [6.45, 7) is 0. The Morgan fingerprint density at radius 2 is 0.882 bits per heavy atom. The van der Waals surface area contributed by atoms with E-state index in [9.17, 15) is 0 Å². The molecule has 0 aliphatic rings. The lowest BCUT2D eigenvalue weighted by Gasteiger charge is -2.18. The van der Waals surface area contributed by atoms with Crippen molar-refractivity contribution in [3.05, 3.63) is 158 Å². The lowest BCUT2D eigenvalue weighted by Crippen LogP contribution is -1.91. The van der Waals surface area contributed by atoms with Crippen LogP contribution in [-0.4, -0.2) is 0 Å². The highest BCUT2D eigenvalue weighted by Gasteiger charge is 2.24. The van der Waals surface area contributed by atoms with E-state index >= 15 is 0 Å². The number of rotatable bonds is 2. The summed E-state index contributed by atoms with van der Waals surface area (Å²) < 4.78 is 16.2. The maximum atomic E-state index is 6.88. The van der Waals surface area contributed by atoms with E-state index in [1.165, 1.54) is 58.4 Å². The van der Waals surface area contributed by atoms with Gasteiger partial charge in [-0.05, 0) is 80.5 Å². The van der Waals surface area contributed by atoms with Crippen molar-refractivity contribution in [2.45, 2.75) is 0 Å². The number of fused-ring (bicyclic) bond motifs is 14. The van der Waals surface area contributed by atoms with Gasteiger partial charge in [0.25, 0.3) is 0 Å². The molecule has 0 saturated carbocycles. The molecule has 3 heteroatoms.